The van der Waals surface area contributed by atoms with Crippen LogP contribution in [0, 0.1) is 0 Å². The number of ether oxygens (including phenoxy) is 1. The van der Waals surface area contributed by atoms with Crippen molar-refractivity contribution < 1.29 is 9.53 Å². The summed E-state index contributed by atoms with van der Waals surface area (Å²) in [6, 6.07) is 0. The van der Waals surface area contributed by atoms with Crippen LogP contribution in [0.2, 0.25) is 0 Å². The number of methoxy groups -OCH3 is 1. The average molecular weight is 212 g/mol. The van der Waals surface area contributed by atoms with Crippen LogP contribution in [0.1, 0.15) is 25.7 Å². The van der Waals surface area contributed by atoms with E-state index in [1.165, 1.54) is 7.11 Å². The number of nitrogens with one attached hydrogen (secondary N) is 1. The van der Waals surface area contributed by atoms with Crippen molar-refractivity contribution in [3.63, 3.8) is 0 Å². The Hall–Kier alpha value is -1.26. The molecule has 1 saturated carbocycles. The second-order valence-electron chi connectivity index (χ2n) is 3.66. The summed E-state index contributed by atoms with van der Waals surface area (Å²) in [5.74, 6) is -0.183. The first kappa shape index (κ1) is 11.8. The van der Waals surface area contributed by atoms with Crippen LogP contribution in [-0.4, -0.2) is 31.7 Å². The summed E-state index contributed by atoms with van der Waals surface area (Å²) in [6.45, 7) is 1.13. The second-order valence-corrected chi connectivity index (χ2v) is 3.66. The molecule has 0 atom stereocenters. The number of carbonyl (C=O) groups is 1. The topological polar surface area (TPSA) is 87.1 Å². The summed E-state index contributed by atoms with van der Waals surface area (Å²) < 4.78 is 4.75. The van der Waals surface area contributed by atoms with Crippen molar-refractivity contribution in [3.8, 4) is 0 Å². The summed E-state index contributed by atoms with van der Waals surface area (Å²) in [6.07, 6.45) is 3.46. The molecule has 0 aromatic carbocycles. The zero-order valence-electron chi connectivity index (χ0n) is 8.90. The third-order valence-corrected chi connectivity index (χ3v) is 2.74. The van der Waals surface area contributed by atoms with Gasteiger partial charge in [-0.05, 0) is 37.8 Å². The van der Waals surface area contributed by atoms with Gasteiger partial charge in [0.1, 0.15) is 5.54 Å². The summed E-state index contributed by atoms with van der Waals surface area (Å²) in [5.41, 5.74) is 7.61. The molecule has 1 aliphatic rings. The van der Waals surface area contributed by atoms with Crippen LogP contribution in [0.15, 0.2) is 5.11 Å². The van der Waals surface area contributed by atoms with Crippen molar-refractivity contribution in [2.75, 3.05) is 20.2 Å². The number of carbonyl (C=O) groups excluding carboxylic acids is 1. The molecule has 0 aliphatic heterocycles. The van der Waals surface area contributed by atoms with Gasteiger partial charge >= 0.3 is 5.97 Å². The van der Waals surface area contributed by atoms with E-state index in [1.807, 2.05) is 0 Å². The van der Waals surface area contributed by atoms with Crippen molar-refractivity contribution in [1.82, 2.24) is 5.32 Å². The molecule has 0 aromatic heterocycles. The summed E-state index contributed by atoms with van der Waals surface area (Å²) in [7, 11) is 1.41. The van der Waals surface area contributed by atoms with E-state index in [0.29, 0.717) is 13.1 Å². The van der Waals surface area contributed by atoms with Gasteiger partial charge in [-0.1, -0.05) is 5.11 Å². The number of nitrogens with zero attached hydrogens (tertiary/aromatic N) is 3. The van der Waals surface area contributed by atoms with E-state index in [4.69, 9.17) is 10.3 Å². The quantitative estimate of drug-likeness (QED) is 0.237. The summed E-state index contributed by atoms with van der Waals surface area (Å²) in [5, 5.41) is 6.61. The van der Waals surface area contributed by atoms with Gasteiger partial charge in [-0.3, -0.25) is 4.79 Å². The number of rotatable bonds is 6. The average Bonchev–Trinajstić information content (AvgIpc) is 2.20. The molecule has 15 heavy (non-hydrogen) atoms. The number of esters is 1. The Morgan fingerprint density at radius 2 is 2.40 bits per heavy atom. The molecule has 0 aromatic rings. The Morgan fingerprint density at radius 3 is 2.87 bits per heavy atom. The van der Waals surface area contributed by atoms with Gasteiger partial charge in [0.15, 0.2) is 0 Å². The lowest BCUT2D eigenvalue weighted by Gasteiger charge is -2.39. The van der Waals surface area contributed by atoms with Crippen molar-refractivity contribution in [2.45, 2.75) is 31.2 Å². The van der Waals surface area contributed by atoms with Gasteiger partial charge in [-0.15, -0.1) is 0 Å². The molecule has 0 unspecified atom stereocenters. The molecule has 6 nitrogen and oxygen atoms in total. The molecule has 0 saturated heterocycles. The second kappa shape index (κ2) is 5.58. The van der Waals surface area contributed by atoms with Crippen molar-refractivity contribution in [1.29, 1.82) is 0 Å². The zero-order chi connectivity index (χ0) is 11.1. The van der Waals surface area contributed by atoms with Gasteiger partial charge in [0, 0.05) is 11.5 Å². The molecule has 1 fully saturated rings. The van der Waals surface area contributed by atoms with E-state index < -0.39 is 5.54 Å². The molecule has 6 heteroatoms. The highest BCUT2D eigenvalue weighted by molar-refractivity contribution is 5.81. The Kier molecular flexibility index (Phi) is 4.39. The first-order chi connectivity index (χ1) is 7.25. The van der Waals surface area contributed by atoms with Crippen LogP contribution >= 0.6 is 0 Å². The molecule has 0 spiro atoms. The molecule has 84 valence electrons. The Bertz CT molecular complexity index is 269. The molecule has 0 amide bonds. The lowest BCUT2D eigenvalue weighted by Crippen LogP contribution is -2.57. The maximum atomic E-state index is 11.5. The van der Waals surface area contributed by atoms with Gasteiger partial charge in [0.2, 0.25) is 0 Å². The highest BCUT2D eigenvalue weighted by Crippen LogP contribution is 2.32. The van der Waals surface area contributed by atoms with E-state index in [9.17, 15) is 4.79 Å². The normalized spacial score (nSPS) is 17.4. The Balaban J connectivity index is 2.28. The first-order valence-corrected chi connectivity index (χ1v) is 5.09. The molecule has 0 radical (unpaired) electrons. The third kappa shape index (κ3) is 2.84. The third-order valence-electron chi connectivity index (χ3n) is 2.74. The number of azide groups is 1. The molecule has 1 N–H and O–H groups in total. The van der Waals surface area contributed by atoms with Crippen LogP contribution in [0.5, 0.6) is 0 Å². The largest absolute Gasteiger partial charge is 0.468 e. The first-order valence-electron chi connectivity index (χ1n) is 5.09. The summed E-state index contributed by atoms with van der Waals surface area (Å²) in [4.78, 5) is 14.1. The predicted octanol–water partition coefficient (Wildman–Crippen LogP) is 1.37. The van der Waals surface area contributed by atoms with Gasteiger partial charge in [0.25, 0.3) is 0 Å². The van der Waals surface area contributed by atoms with E-state index in [2.05, 4.69) is 15.3 Å². The van der Waals surface area contributed by atoms with Crippen LogP contribution in [0.3, 0.4) is 0 Å². The highest BCUT2D eigenvalue weighted by atomic mass is 16.5. The van der Waals surface area contributed by atoms with Gasteiger partial charge < -0.3 is 10.1 Å². The van der Waals surface area contributed by atoms with Crippen LogP contribution in [0.4, 0.5) is 0 Å². The molecule has 0 heterocycles. The van der Waals surface area contributed by atoms with Crippen molar-refractivity contribution in [2.24, 2.45) is 5.11 Å². The molecule has 0 bridgehead atoms. The van der Waals surface area contributed by atoms with Crippen LogP contribution in [0.25, 0.3) is 10.4 Å². The van der Waals surface area contributed by atoms with E-state index in [0.717, 1.165) is 25.7 Å². The zero-order valence-corrected chi connectivity index (χ0v) is 8.90. The summed E-state index contributed by atoms with van der Waals surface area (Å²) >= 11 is 0. The maximum Gasteiger partial charge on any atom is 0.326 e. The van der Waals surface area contributed by atoms with E-state index in [1.54, 1.807) is 0 Å². The van der Waals surface area contributed by atoms with Gasteiger partial charge in [0.05, 0.1) is 7.11 Å². The fourth-order valence-corrected chi connectivity index (χ4v) is 1.70. The number of hydrogen-bond donors (Lipinski definition) is 1. The highest BCUT2D eigenvalue weighted by Gasteiger charge is 2.44. The fraction of sp³-hybridized carbons (Fsp3) is 0.889. The lowest BCUT2D eigenvalue weighted by atomic mass is 9.76. The smallest absolute Gasteiger partial charge is 0.326 e. The van der Waals surface area contributed by atoms with Crippen molar-refractivity contribution >= 4 is 5.97 Å². The van der Waals surface area contributed by atoms with Crippen LogP contribution < -0.4 is 5.32 Å². The fourth-order valence-electron chi connectivity index (χ4n) is 1.70. The molecule has 1 rings (SSSR count). The van der Waals surface area contributed by atoms with E-state index >= 15 is 0 Å². The molecular formula is C9H16N4O2. The van der Waals surface area contributed by atoms with Crippen LogP contribution in [-0.2, 0) is 9.53 Å². The standard InChI is InChI=1S/C9H16N4O2/c1-15-8(14)9(4-2-5-9)11-6-3-7-12-13-10/h11H,2-7H2,1H3. The minimum absolute atomic E-state index is 0.183. The monoisotopic (exact) mass is 212 g/mol. The minimum Gasteiger partial charge on any atom is -0.468 e. The minimum atomic E-state index is -0.467. The molecule has 1 aliphatic carbocycles. The SMILES string of the molecule is COC(=O)C1(NCCCN=[N+]=[N-])CCC1. The predicted molar refractivity (Wildman–Crippen MR) is 55.2 cm³/mol. The van der Waals surface area contributed by atoms with Crippen molar-refractivity contribution in [3.05, 3.63) is 10.4 Å². The van der Waals surface area contributed by atoms with Gasteiger partial charge in [-0.25, -0.2) is 0 Å². The molecular weight excluding hydrogens is 196 g/mol. The number of hydrogen-bond acceptors (Lipinski definition) is 4. The Labute approximate surface area is 88.6 Å². The lowest BCUT2D eigenvalue weighted by molar-refractivity contribution is -0.152. The Morgan fingerprint density at radius 1 is 1.67 bits per heavy atom. The van der Waals surface area contributed by atoms with E-state index in [-0.39, 0.29) is 5.97 Å². The maximum absolute atomic E-state index is 11.5. The van der Waals surface area contributed by atoms with Gasteiger partial charge in [-0.2, -0.15) is 0 Å².